The predicted molar refractivity (Wildman–Crippen MR) is 83.4 cm³/mol. The van der Waals surface area contributed by atoms with Crippen LogP contribution in [-0.2, 0) is 0 Å². The van der Waals surface area contributed by atoms with Crippen LogP contribution in [0.4, 0.5) is 5.69 Å². The fourth-order valence-corrected chi connectivity index (χ4v) is 2.47. The lowest BCUT2D eigenvalue weighted by atomic mass is 10.2. The van der Waals surface area contributed by atoms with Crippen molar-refractivity contribution < 1.29 is 4.42 Å². The zero-order valence-electron chi connectivity index (χ0n) is 11.4. The van der Waals surface area contributed by atoms with E-state index < -0.39 is 0 Å². The Morgan fingerprint density at radius 2 is 2.05 bits per heavy atom. The summed E-state index contributed by atoms with van der Waals surface area (Å²) in [7, 11) is 0. The maximum Gasteiger partial charge on any atom is 0.228 e. The average molecular weight is 287 g/mol. The normalized spacial score (nSPS) is 10.9. The molecule has 0 saturated heterocycles. The van der Waals surface area contributed by atoms with Crippen LogP contribution in [0.15, 0.2) is 40.8 Å². The summed E-state index contributed by atoms with van der Waals surface area (Å²) < 4.78 is 5.88. The van der Waals surface area contributed by atoms with E-state index in [1.807, 2.05) is 37.3 Å². The van der Waals surface area contributed by atoms with Crippen LogP contribution in [0.2, 0.25) is 5.02 Å². The van der Waals surface area contributed by atoms with E-state index in [9.17, 15) is 0 Å². The van der Waals surface area contributed by atoms with Gasteiger partial charge >= 0.3 is 0 Å². The molecule has 0 aliphatic heterocycles. The molecule has 4 heteroatoms. The summed E-state index contributed by atoms with van der Waals surface area (Å²) in [5, 5.41) is 3.94. The topological polar surface area (TPSA) is 38.1 Å². The predicted octanol–water partition coefficient (Wildman–Crippen LogP) is 4.89. The van der Waals surface area contributed by atoms with Gasteiger partial charge in [-0.1, -0.05) is 23.7 Å². The van der Waals surface area contributed by atoms with E-state index in [2.05, 4.69) is 23.3 Å². The van der Waals surface area contributed by atoms with Crippen LogP contribution in [0.1, 0.15) is 12.5 Å². The molecule has 0 radical (unpaired) electrons. The largest absolute Gasteiger partial charge is 0.436 e. The molecule has 102 valence electrons. The van der Waals surface area contributed by atoms with Crippen molar-refractivity contribution in [3.63, 3.8) is 0 Å². The molecule has 3 aromatic rings. The lowest BCUT2D eigenvalue weighted by Crippen LogP contribution is -1.96. The number of oxazole rings is 1. The van der Waals surface area contributed by atoms with Crippen molar-refractivity contribution in [2.75, 3.05) is 11.9 Å². The first-order valence-electron chi connectivity index (χ1n) is 6.59. The van der Waals surface area contributed by atoms with Gasteiger partial charge in [0.1, 0.15) is 5.52 Å². The smallest absolute Gasteiger partial charge is 0.228 e. The Labute approximate surface area is 122 Å². The summed E-state index contributed by atoms with van der Waals surface area (Å²) >= 11 is 6.19. The van der Waals surface area contributed by atoms with E-state index in [0.29, 0.717) is 10.9 Å². The molecule has 1 aromatic heterocycles. The quantitative estimate of drug-likeness (QED) is 0.745. The Balaban J connectivity index is 2.16. The maximum atomic E-state index is 6.19. The van der Waals surface area contributed by atoms with Crippen LogP contribution in [0.25, 0.3) is 22.6 Å². The molecule has 1 heterocycles. The van der Waals surface area contributed by atoms with E-state index in [1.165, 1.54) is 0 Å². The van der Waals surface area contributed by atoms with Crippen LogP contribution in [-0.4, -0.2) is 11.5 Å². The summed E-state index contributed by atoms with van der Waals surface area (Å²) in [5.41, 5.74) is 4.58. The van der Waals surface area contributed by atoms with E-state index in [1.54, 1.807) is 0 Å². The molecule has 0 saturated carbocycles. The Hall–Kier alpha value is -2.00. The van der Waals surface area contributed by atoms with E-state index in [4.69, 9.17) is 16.0 Å². The van der Waals surface area contributed by atoms with Gasteiger partial charge in [-0.15, -0.1) is 0 Å². The fourth-order valence-electron chi connectivity index (χ4n) is 2.26. The first kappa shape index (κ1) is 13.0. The Morgan fingerprint density at radius 1 is 1.25 bits per heavy atom. The maximum absolute atomic E-state index is 6.19. The molecule has 0 fully saturated rings. The lowest BCUT2D eigenvalue weighted by molar-refractivity contribution is 0.617. The van der Waals surface area contributed by atoms with Gasteiger partial charge in [0.25, 0.3) is 0 Å². The number of aryl methyl sites for hydroxylation is 1. The number of rotatable bonds is 3. The number of anilines is 1. The molecular weight excluding hydrogens is 272 g/mol. The van der Waals surface area contributed by atoms with Crippen LogP contribution in [0.5, 0.6) is 0 Å². The van der Waals surface area contributed by atoms with Crippen molar-refractivity contribution in [2.45, 2.75) is 13.8 Å². The SMILES string of the molecule is CCNc1cc(C)c2oc(-c3ccccc3Cl)nc2c1. The number of nitrogens with zero attached hydrogens (tertiary/aromatic N) is 1. The van der Waals surface area contributed by atoms with Gasteiger partial charge in [0.2, 0.25) is 5.89 Å². The van der Waals surface area contributed by atoms with Crippen LogP contribution < -0.4 is 5.32 Å². The molecule has 2 aromatic carbocycles. The van der Waals surface area contributed by atoms with E-state index >= 15 is 0 Å². The second kappa shape index (κ2) is 5.17. The van der Waals surface area contributed by atoms with E-state index in [-0.39, 0.29) is 0 Å². The van der Waals surface area contributed by atoms with Crippen molar-refractivity contribution >= 4 is 28.4 Å². The number of benzene rings is 2. The molecule has 0 aliphatic rings. The van der Waals surface area contributed by atoms with Crippen LogP contribution in [0, 0.1) is 6.92 Å². The minimum atomic E-state index is 0.558. The second-order valence-corrected chi connectivity index (χ2v) is 5.08. The third kappa shape index (κ3) is 2.25. The van der Waals surface area contributed by atoms with Gasteiger partial charge < -0.3 is 9.73 Å². The number of fused-ring (bicyclic) bond motifs is 1. The highest BCUT2D eigenvalue weighted by Gasteiger charge is 2.13. The van der Waals surface area contributed by atoms with Gasteiger partial charge in [-0.05, 0) is 43.7 Å². The third-order valence-electron chi connectivity index (χ3n) is 3.16. The fraction of sp³-hybridized carbons (Fsp3) is 0.188. The van der Waals surface area contributed by atoms with Crippen molar-refractivity contribution in [1.82, 2.24) is 4.98 Å². The molecule has 0 aliphatic carbocycles. The molecule has 3 nitrogen and oxygen atoms in total. The first-order valence-corrected chi connectivity index (χ1v) is 6.97. The molecule has 0 bridgehead atoms. The average Bonchev–Trinajstić information content (AvgIpc) is 2.84. The highest BCUT2D eigenvalue weighted by Crippen LogP contribution is 2.32. The van der Waals surface area contributed by atoms with Gasteiger partial charge in [-0.25, -0.2) is 4.98 Å². The molecule has 0 amide bonds. The van der Waals surface area contributed by atoms with Gasteiger partial charge in [0.05, 0.1) is 10.6 Å². The van der Waals surface area contributed by atoms with Crippen molar-refractivity contribution in [1.29, 1.82) is 0 Å². The van der Waals surface area contributed by atoms with Gasteiger partial charge in [-0.3, -0.25) is 0 Å². The van der Waals surface area contributed by atoms with Gasteiger partial charge in [0, 0.05) is 12.2 Å². The van der Waals surface area contributed by atoms with Crippen LogP contribution >= 0.6 is 11.6 Å². The van der Waals surface area contributed by atoms with Crippen LogP contribution in [0.3, 0.4) is 0 Å². The molecule has 20 heavy (non-hydrogen) atoms. The second-order valence-electron chi connectivity index (χ2n) is 4.67. The molecule has 3 rings (SSSR count). The molecule has 0 unspecified atom stereocenters. The minimum absolute atomic E-state index is 0.558. The summed E-state index contributed by atoms with van der Waals surface area (Å²) in [6.45, 7) is 4.96. The zero-order valence-corrected chi connectivity index (χ0v) is 12.2. The Morgan fingerprint density at radius 3 is 2.80 bits per heavy atom. The monoisotopic (exact) mass is 286 g/mol. The summed E-state index contributed by atoms with van der Waals surface area (Å²) in [5.74, 6) is 0.558. The summed E-state index contributed by atoms with van der Waals surface area (Å²) in [6, 6.07) is 11.6. The zero-order chi connectivity index (χ0) is 14.1. The standard InChI is InChI=1S/C16H15ClN2O/c1-3-18-11-8-10(2)15-14(9-11)19-16(20-15)12-6-4-5-7-13(12)17/h4-9,18H,3H2,1-2H3. The highest BCUT2D eigenvalue weighted by molar-refractivity contribution is 6.33. The number of aromatic nitrogens is 1. The van der Waals surface area contributed by atoms with Crippen molar-refractivity contribution in [3.8, 4) is 11.5 Å². The molecule has 0 spiro atoms. The minimum Gasteiger partial charge on any atom is -0.436 e. The molecule has 0 atom stereocenters. The Bertz CT molecular complexity index is 764. The van der Waals surface area contributed by atoms with Crippen molar-refractivity contribution in [3.05, 3.63) is 47.0 Å². The molecule has 1 N–H and O–H groups in total. The van der Waals surface area contributed by atoms with Gasteiger partial charge in [-0.2, -0.15) is 0 Å². The summed E-state index contributed by atoms with van der Waals surface area (Å²) in [6.07, 6.45) is 0. The Kier molecular flexibility index (Phi) is 3.36. The number of halogens is 1. The third-order valence-corrected chi connectivity index (χ3v) is 3.49. The number of hydrogen-bond donors (Lipinski definition) is 1. The first-order chi connectivity index (χ1) is 9.69. The number of nitrogens with one attached hydrogen (secondary N) is 1. The van der Waals surface area contributed by atoms with E-state index in [0.717, 1.165) is 34.5 Å². The van der Waals surface area contributed by atoms with Crippen molar-refractivity contribution in [2.24, 2.45) is 0 Å². The van der Waals surface area contributed by atoms with Gasteiger partial charge in [0.15, 0.2) is 5.58 Å². The number of hydrogen-bond acceptors (Lipinski definition) is 3. The lowest BCUT2D eigenvalue weighted by Gasteiger charge is -2.03. The summed E-state index contributed by atoms with van der Waals surface area (Å²) in [4.78, 5) is 4.56. The highest BCUT2D eigenvalue weighted by atomic mass is 35.5. The molecular formula is C16H15ClN2O.